The third-order valence-corrected chi connectivity index (χ3v) is 4.81. The van der Waals surface area contributed by atoms with E-state index in [4.69, 9.17) is 33.7 Å². The molecule has 0 heterocycles. The van der Waals surface area contributed by atoms with Gasteiger partial charge in [-0.1, -0.05) is 37.0 Å². The Morgan fingerprint density at radius 2 is 1.77 bits per heavy atom. The maximum atomic E-state index is 12.5. The molecule has 31 heavy (non-hydrogen) atoms. The molecule has 1 unspecified atom stereocenters. The van der Waals surface area contributed by atoms with Crippen LogP contribution in [0.2, 0.25) is 10.0 Å². The first-order valence-electron chi connectivity index (χ1n) is 9.27. The summed E-state index contributed by atoms with van der Waals surface area (Å²) in [6, 6.07) is 10.3. The number of benzene rings is 2. The Morgan fingerprint density at radius 3 is 2.35 bits per heavy atom. The zero-order valence-corrected chi connectivity index (χ0v) is 18.4. The number of primary amides is 1. The quantitative estimate of drug-likeness (QED) is 0.389. The molecule has 0 radical (unpaired) electrons. The smallest absolute Gasteiger partial charge is 0.262 e. The van der Waals surface area contributed by atoms with Crippen molar-refractivity contribution >= 4 is 47.1 Å². The van der Waals surface area contributed by atoms with Crippen molar-refractivity contribution in [1.82, 2.24) is 10.7 Å². The molecule has 0 fully saturated rings. The van der Waals surface area contributed by atoms with Gasteiger partial charge in [-0.25, -0.2) is 5.43 Å². The number of nitrogens with one attached hydrogen (secondary N) is 2. The fraction of sp³-hybridized carbons (Fsp3) is 0.238. The van der Waals surface area contributed by atoms with E-state index in [0.29, 0.717) is 16.3 Å². The van der Waals surface area contributed by atoms with Crippen molar-refractivity contribution in [1.29, 1.82) is 0 Å². The predicted molar refractivity (Wildman–Crippen MR) is 119 cm³/mol. The number of hydrogen-bond donors (Lipinski definition) is 3. The normalized spacial score (nSPS) is 11.9. The first-order valence-corrected chi connectivity index (χ1v) is 10.0. The van der Waals surface area contributed by atoms with Crippen LogP contribution in [-0.2, 0) is 9.59 Å². The molecule has 0 saturated heterocycles. The fourth-order valence-corrected chi connectivity index (χ4v) is 2.74. The van der Waals surface area contributed by atoms with E-state index in [0.717, 1.165) is 0 Å². The third kappa shape index (κ3) is 7.58. The molecule has 0 bridgehead atoms. The monoisotopic (exact) mass is 464 g/mol. The lowest BCUT2D eigenvalue weighted by molar-refractivity contribution is -0.124. The topological polar surface area (TPSA) is 123 Å². The summed E-state index contributed by atoms with van der Waals surface area (Å²) in [5, 5.41) is 7.18. The molecule has 0 aliphatic rings. The molecule has 8 nitrogen and oxygen atoms in total. The second-order valence-electron chi connectivity index (χ2n) is 6.88. The largest absolute Gasteiger partial charge is 0.484 e. The van der Waals surface area contributed by atoms with Gasteiger partial charge in [0.05, 0.1) is 16.3 Å². The summed E-state index contributed by atoms with van der Waals surface area (Å²) in [6.07, 6.45) is 1.44. The molecule has 0 saturated carbocycles. The first-order chi connectivity index (χ1) is 14.7. The summed E-state index contributed by atoms with van der Waals surface area (Å²) in [6.45, 7) is 3.38. The number of halogens is 2. The molecule has 3 amide bonds. The molecule has 2 rings (SSSR count). The van der Waals surface area contributed by atoms with E-state index in [1.165, 1.54) is 24.4 Å². The second-order valence-corrected chi connectivity index (χ2v) is 7.70. The van der Waals surface area contributed by atoms with Gasteiger partial charge < -0.3 is 15.8 Å². The van der Waals surface area contributed by atoms with Crippen LogP contribution in [0.1, 0.15) is 29.8 Å². The van der Waals surface area contributed by atoms with Crippen molar-refractivity contribution in [2.24, 2.45) is 16.8 Å². The van der Waals surface area contributed by atoms with Crippen LogP contribution in [0, 0.1) is 5.92 Å². The summed E-state index contributed by atoms with van der Waals surface area (Å²) >= 11 is 11.8. The highest BCUT2D eigenvalue weighted by Crippen LogP contribution is 2.22. The van der Waals surface area contributed by atoms with E-state index in [1.54, 1.807) is 38.1 Å². The summed E-state index contributed by atoms with van der Waals surface area (Å²) in [5.41, 5.74) is 8.42. The lowest BCUT2D eigenvalue weighted by Gasteiger charge is -2.20. The van der Waals surface area contributed by atoms with Crippen LogP contribution in [0.5, 0.6) is 5.75 Å². The Hall–Kier alpha value is -3.10. The molecular formula is C21H22Cl2N4O4. The van der Waals surface area contributed by atoms with E-state index >= 15 is 0 Å². The van der Waals surface area contributed by atoms with Gasteiger partial charge in [0.1, 0.15) is 11.8 Å². The Balaban J connectivity index is 1.96. The van der Waals surface area contributed by atoms with Crippen LogP contribution in [0.4, 0.5) is 0 Å². The van der Waals surface area contributed by atoms with Crippen molar-refractivity contribution in [2.75, 3.05) is 6.61 Å². The zero-order chi connectivity index (χ0) is 23.0. The average molecular weight is 465 g/mol. The summed E-state index contributed by atoms with van der Waals surface area (Å²) in [7, 11) is 0. The minimum Gasteiger partial charge on any atom is -0.484 e. The molecule has 10 heteroatoms. The molecule has 1 atom stereocenters. The maximum absolute atomic E-state index is 12.5. The van der Waals surface area contributed by atoms with Crippen molar-refractivity contribution in [2.45, 2.75) is 19.9 Å². The number of amides is 3. The number of carbonyl (C=O) groups excluding carboxylic acids is 3. The number of carbonyl (C=O) groups is 3. The molecule has 2 aromatic rings. The lowest BCUT2D eigenvalue weighted by Crippen LogP contribution is -2.48. The lowest BCUT2D eigenvalue weighted by atomic mass is 10.0. The minimum atomic E-state index is -0.816. The molecule has 0 spiro atoms. The van der Waals surface area contributed by atoms with E-state index in [-0.39, 0.29) is 23.1 Å². The Labute approximate surface area is 189 Å². The van der Waals surface area contributed by atoms with Gasteiger partial charge in [0, 0.05) is 5.56 Å². The van der Waals surface area contributed by atoms with Crippen LogP contribution in [0.25, 0.3) is 0 Å². The van der Waals surface area contributed by atoms with Gasteiger partial charge in [-0.3, -0.25) is 14.4 Å². The van der Waals surface area contributed by atoms with Gasteiger partial charge >= 0.3 is 0 Å². The van der Waals surface area contributed by atoms with Crippen molar-refractivity contribution in [3.63, 3.8) is 0 Å². The molecule has 2 aromatic carbocycles. The number of nitrogens with two attached hydrogens (primary N) is 1. The Bertz CT molecular complexity index is 978. The van der Waals surface area contributed by atoms with Gasteiger partial charge in [-0.05, 0) is 53.9 Å². The van der Waals surface area contributed by atoms with E-state index in [2.05, 4.69) is 15.8 Å². The fourth-order valence-electron chi connectivity index (χ4n) is 2.44. The van der Waals surface area contributed by atoms with E-state index in [1.807, 2.05) is 0 Å². The van der Waals surface area contributed by atoms with E-state index in [9.17, 15) is 14.4 Å². The average Bonchev–Trinajstić information content (AvgIpc) is 2.72. The molecule has 164 valence electrons. The molecule has 0 aliphatic heterocycles. The highest BCUT2D eigenvalue weighted by Gasteiger charge is 2.24. The van der Waals surface area contributed by atoms with Crippen molar-refractivity contribution in [3.05, 3.63) is 63.6 Å². The Kier molecular flexibility index (Phi) is 8.84. The number of rotatable bonds is 9. The van der Waals surface area contributed by atoms with Crippen LogP contribution in [0.3, 0.4) is 0 Å². The predicted octanol–water partition coefficient (Wildman–Crippen LogP) is 2.76. The SMILES string of the molecule is CC(C)C(NC(=O)c1ccc(Cl)c(Cl)c1)C(=O)N/N=C/c1ccc(OCC(N)=O)cc1. The maximum Gasteiger partial charge on any atom is 0.262 e. The summed E-state index contributed by atoms with van der Waals surface area (Å²) in [4.78, 5) is 35.7. The number of nitrogens with zero attached hydrogens (tertiary/aromatic N) is 1. The molecule has 4 N–H and O–H groups in total. The van der Waals surface area contributed by atoms with Gasteiger partial charge in [0.2, 0.25) is 0 Å². The highest BCUT2D eigenvalue weighted by atomic mass is 35.5. The molecular weight excluding hydrogens is 443 g/mol. The van der Waals surface area contributed by atoms with Crippen LogP contribution >= 0.6 is 23.2 Å². The van der Waals surface area contributed by atoms with Crippen LogP contribution < -0.4 is 21.2 Å². The first kappa shape index (κ1) is 24.2. The summed E-state index contributed by atoms with van der Waals surface area (Å²) < 4.78 is 5.17. The number of hydrazone groups is 1. The van der Waals surface area contributed by atoms with Crippen LogP contribution in [0.15, 0.2) is 47.6 Å². The molecule has 0 aliphatic carbocycles. The van der Waals surface area contributed by atoms with Crippen molar-refractivity contribution < 1.29 is 19.1 Å². The molecule has 0 aromatic heterocycles. The number of ether oxygens (including phenoxy) is 1. The van der Waals surface area contributed by atoms with Gasteiger partial charge in [-0.15, -0.1) is 0 Å². The third-order valence-electron chi connectivity index (χ3n) is 4.07. The van der Waals surface area contributed by atoms with Crippen molar-refractivity contribution in [3.8, 4) is 5.75 Å². The zero-order valence-electron chi connectivity index (χ0n) is 16.9. The van der Waals surface area contributed by atoms with E-state index < -0.39 is 23.8 Å². The minimum absolute atomic E-state index is 0.191. The van der Waals surface area contributed by atoms with Gasteiger partial charge in [0.25, 0.3) is 17.7 Å². The summed E-state index contributed by atoms with van der Waals surface area (Å²) in [5.74, 6) is -1.21. The van der Waals surface area contributed by atoms with Gasteiger partial charge in [-0.2, -0.15) is 5.10 Å². The number of hydrogen-bond acceptors (Lipinski definition) is 5. The standard InChI is InChI=1S/C21H22Cl2N4O4/c1-12(2)19(26-20(29)14-5-8-16(22)17(23)9-14)21(30)27-25-10-13-3-6-15(7-4-13)31-11-18(24)28/h3-10,12,19H,11H2,1-2H3,(H2,24,28)(H,26,29)(H,27,30)/b25-10+. The Morgan fingerprint density at radius 1 is 1.10 bits per heavy atom. The van der Waals surface area contributed by atoms with Gasteiger partial charge in [0.15, 0.2) is 6.61 Å². The second kappa shape index (κ2) is 11.3. The van der Waals surface area contributed by atoms with Crippen LogP contribution in [-0.4, -0.2) is 36.6 Å². The highest BCUT2D eigenvalue weighted by molar-refractivity contribution is 6.42.